The van der Waals surface area contributed by atoms with E-state index in [-0.39, 0.29) is 22.3 Å². The van der Waals surface area contributed by atoms with Crippen LogP contribution in [0.1, 0.15) is 39.2 Å². The molecule has 8 heteroatoms. The first kappa shape index (κ1) is 22.2. The van der Waals surface area contributed by atoms with Gasteiger partial charge in [0.05, 0.1) is 35.3 Å². The van der Waals surface area contributed by atoms with Crippen molar-refractivity contribution in [1.29, 1.82) is 0 Å². The largest absolute Gasteiger partial charge is 0.465 e. The monoisotopic (exact) mass is 459 g/mol. The van der Waals surface area contributed by atoms with E-state index < -0.39 is 5.97 Å². The van der Waals surface area contributed by atoms with E-state index in [1.165, 1.54) is 23.8 Å². The Morgan fingerprint density at radius 1 is 1.00 bits per heavy atom. The SMILES string of the molecule is COC(=O)c1ccc2c(=O)n(-c3ccc(C(=O)N[C@@H](C)c4ccccc4)cc3)c(=S)[nH]c2c1. The summed E-state index contributed by atoms with van der Waals surface area (Å²) in [5, 5.41) is 3.34. The molecule has 1 atom stereocenters. The molecular weight excluding hydrogens is 438 g/mol. The van der Waals surface area contributed by atoms with Crippen molar-refractivity contribution in [2.45, 2.75) is 13.0 Å². The van der Waals surface area contributed by atoms with Gasteiger partial charge >= 0.3 is 5.97 Å². The molecule has 3 aromatic carbocycles. The second kappa shape index (κ2) is 9.22. The van der Waals surface area contributed by atoms with Gasteiger partial charge in [0, 0.05) is 5.56 Å². The summed E-state index contributed by atoms with van der Waals surface area (Å²) in [7, 11) is 1.29. The predicted octanol–water partition coefficient (Wildman–Crippen LogP) is 4.33. The van der Waals surface area contributed by atoms with Crippen molar-refractivity contribution in [2.75, 3.05) is 7.11 Å². The van der Waals surface area contributed by atoms with Gasteiger partial charge in [0.1, 0.15) is 0 Å². The molecule has 0 aliphatic carbocycles. The van der Waals surface area contributed by atoms with Gasteiger partial charge in [0.2, 0.25) is 0 Å². The van der Waals surface area contributed by atoms with Crippen LogP contribution in [0.15, 0.2) is 77.6 Å². The summed E-state index contributed by atoms with van der Waals surface area (Å²) >= 11 is 5.39. The summed E-state index contributed by atoms with van der Waals surface area (Å²) < 4.78 is 6.25. The number of fused-ring (bicyclic) bond motifs is 1. The number of H-pyrrole nitrogens is 1. The van der Waals surface area contributed by atoms with Crippen LogP contribution in [0.2, 0.25) is 0 Å². The van der Waals surface area contributed by atoms with Crippen LogP contribution in [-0.4, -0.2) is 28.5 Å². The van der Waals surface area contributed by atoms with E-state index in [2.05, 4.69) is 10.3 Å². The van der Waals surface area contributed by atoms with Crippen molar-refractivity contribution in [1.82, 2.24) is 14.9 Å². The fourth-order valence-electron chi connectivity index (χ4n) is 3.56. The van der Waals surface area contributed by atoms with Gasteiger partial charge in [-0.15, -0.1) is 0 Å². The number of methoxy groups -OCH3 is 1. The Bertz CT molecular complexity index is 1460. The van der Waals surface area contributed by atoms with Gasteiger partial charge in [0.15, 0.2) is 4.77 Å². The fourth-order valence-corrected chi connectivity index (χ4v) is 3.86. The van der Waals surface area contributed by atoms with Gasteiger partial charge in [-0.2, -0.15) is 0 Å². The normalized spacial score (nSPS) is 11.7. The molecule has 0 saturated heterocycles. The Morgan fingerprint density at radius 3 is 2.33 bits per heavy atom. The fraction of sp³-hybridized carbons (Fsp3) is 0.120. The molecule has 0 unspecified atom stereocenters. The Kier molecular flexibility index (Phi) is 6.19. The van der Waals surface area contributed by atoms with E-state index in [4.69, 9.17) is 17.0 Å². The van der Waals surface area contributed by atoms with Crippen LogP contribution in [0.5, 0.6) is 0 Å². The van der Waals surface area contributed by atoms with E-state index in [9.17, 15) is 14.4 Å². The Labute approximate surface area is 194 Å². The van der Waals surface area contributed by atoms with Crippen molar-refractivity contribution < 1.29 is 14.3 Å². The first-order chi connectivity index (χ1) is 15.9. The molecule has 4 aromatic rings. The number of rotatable bonds is 5. The molecule has 4 rings (SSSR count). The minimum atomic E-state index is -0.504. The average Bonchev–Trinajstić information content (AvgIpc) is 2.84. The highest BCUT2D eigenvalue weighted by molar-refractivity contribution is 7.71. The zero-order valence-corrected chi connectivity index (χ0v) is 18.8. The number of ether oxygens (including phenoxy) is 1. The zero-order valence-electron chi connectivity index (χ0n) is 18.0. The molecule has 0 aliphatic heterocycles. The molecule has 2 N–H and O–H groups in total. The maximum atomic E-state index is 13.1. The van der Waals surface area contributed by atoms with Gasteiger partial charge in [-0.25, -0.2) is 4.79 Å². The molecule has 1 amide bonds. The quantitative estimate of drug-likeness (QED) is 0.342. The van der Waals surface area contributed by atoms with Crippen molar-refractivity contribution in [3.05, 3.63) is 105 Å². The number of amides is 1. The summed E-state index contributed by atoms with van der Waals surface area (Å²) in [6.07, 6.45) is 0. The first-order valence-corrected chi connectivity index (χ1v) is 10.6. The standard InChI is InChI=1S/C25H21N3O4S/c1-15(16-6-4-3-5-7-16)26-22(29)17-8-11-19(12-9-17)28-23(30)20-13-10-18(24(31)32-2)14-21(20)27-25(28)33/h3-15H,1-2H3,(H,26,29)(H,27,33)/t15-/m0/s1. The van der Waals surface area contributed by atoms with Crippen LogP contribution in [-0.2, 0) is 4.74 Å². The summed E-state index contributed by atoms with van der Waals surface area (Å²) in [5.74, 6) is -0.722. The first-order valence-electron chi connectivity index (χ1n) is 10.2. The molecule has 0 saturated carbocycles. The van der Waals surface area contributed by atoms with Crippen molar-refractivity contribution in [2.24, 2.45) is 0 Å². The lowest BCUT2D eigenvalue weighted by atomic mass is 10.1. The summed E-state index contributed by atoms with van der Waals surface area (Å²) in [6.45, 7) is 1.92. The number of carbonyl (C=O) groups is 2. The third-order valence-corrected chi connectivity index (χ3v) is 5.64. The van der Waals surface area contributed by atoms with Crippen molar-refractivity contribution in [3.63, 3.8) is 0 Å². The minimum absolute atomic E-state index is 0.148. The Balaban J connectivity index is 1.62. The van der Waals surface area contributed by atoms with Crippen LogP contribution in [0.4, 0.5) is 0 Å². The molecule has 1 aromatic heterocycles. The van der Waals surface area contributed by atoms with E-state index >= 15 is 0 Å². The highest BCUT2D eigenvalue weighted by atomic mass is 32.1. The van der Waals surface area contributed by atoms with E-state index in [1.54, 1.807) is 30.3 Å². The number of aromatic amines is 1. The van der Waals surface area contributed by atoms with Crippen LogP contribution >= 0.6 is 12.2 Å². The number of carbonyl (C=O) groups excluding carboxylic acids is 2. The minimum Gasteiger partial charge on any atom is -0.465 e. The number of nitrogens with one attached hydrogen (secondary N) is 2. The number of esters is 1. The number of nitrogens with zero attached hydrogens (tertiary/aromatic N) is 1. The lowest BCUT2D eigenvalue weighted by molar-refractivity contribution is 0.0600. The van der Waals surface area contributed by atoms with Crippen molar-refractivity contribution >= 4 is 35.0 Å². The molecule has 0 aliphatic rings. The third kappa shape index (κ3) is 4.47. The topological polar surface area (TPSA) is 93.2 Å². The summed E-state index contributed by atoms with van der Waals surface area (Å²) in [6, 6.07) is 20.8. The van der Waals surface area contributed by atoms with Gasteiger partial charge in [0.25, 0.3) is 11.5 Å². The summed E-state index contributed by atoms with van der Waals surface area (Å²) in [4.78, 5) is 40.5. The molecule has 0 bridgehead atoms. The second-order valence-corrected chi connectivity index (χ2v) is 7.86. The van der Waals surface area contributed by atoms with Gasteiger partial charge in [-0.1, -0.05) is 30.3 Å². The summed E-state index contributed by atoms with van der Waals surface area (Å²) in [5.41, 5.74) is 2.41. The Hall–Kier alpha value is -4.04. The molecule has 1 heterocycles. The van der Waals surface area contributed by atoms with Gasteiger partial charge in [-0.3, -0.25) is 14.2 Å². The van der Waals surface area contributed by atoms with Gasteiger partial charge in [-0.05, 0) is 67.2 Å². The lowest BCUT2D eigenvalue weighted by Gasteiger charge is -2.15. The predicted molar refractivity (Wildman–Crippen MR) is 128 cm³/mol. The van der Waals surface area contributed by atoms with Gasteiger partial charge < -0.3 is 15.0 Å². The van der Waals surface area contributed by atoms with E-state index in [0.717, 1.165) is 5.56 Å². The van der Waals surface area contributed by atoms with Crippen LogP contribution < -0.4 is 10.9 Å². The van der Waals surface area contributed by atoms with E-state index in [1.807, 2.05) is 37.3 Å². The average molecular weight is 460 g/mol. The number of hydrogen-bond donors (Lipinski definition) is 2. The maximum absolute atomic E-state index is 13.1. The molecule has 7 nitrogen and oxygen atoms in total. The van der Waals surface area contributed by atoms with Crippen LogP contribution in [0.25, 0.3) is 16.6 Å². The molecule has 0 fully saturated rings. The second-order valence-electron chi connectivity index (χ2n) is 7.48. The molecular formula is C25H21N3O4S. The Morgan fingerprint density at radius 2 is 1.67 bits per heavy atom. The maximum Gasteiger partial charge on any atom is 0.337 e. The number of benzene rings is 3. The highest BCUT2D eigenvalue weighted by Crippen LogP contribution is 2.16. The molecule has 0 spiro atoms. The lowest BCUT2D eigenvalue weighted by Crippen LogP contribution is -2.26. The third-order valence-electron chi connectivity index (χ3n) is 5.35. The van der Waals surface area contributed by atoms with Crippen LogP contribution in [0.3, 0.4) is 0 Å². The number of hydrogen-bond acceptors (Lipinski definition) is 5. The van der Waals surface area contributed by atoms with Crippen molar-refractivity contribution in [3.8, 4) is 5.69 Å². The smallest absolute Gasteiger partial charge is 0.337 e. The zero-order chi connectivity index (χ0) is 23.5. The highest BCUT2D eigenvalue weighted by Gasteiger charge is 2.14. The molecule has 33 heavy (non-hydrogen) atoms. The molecule has 0 radical (unpaired) electrons. The van der Waals surface area contributed by atoms with E-state index in [0.29, 0.717) is 27.7 Å². The number of aromatic nitrogens is 2. The van der Waals surface area contributed by atoms with Crippen LogP contribution in [0, 0.1) is 4.77 Å². The molecule has 166 valence electrons.